The first kappa shape index (κ1) is 18.4. The maximum atomic E-state index is 12.2. The van der Waals surface area contributed by atoms with Gasteiger partial charge in [-0.05, 0) is 39.3 Å². The number of amides is 1. The predicted octanol–water partition coefficient (Wildman–Crippen LogP) is 3.10. The highest BCUT2D eigenvalue weighted by Gasteiger charge is 2.26. The monoisotopic (exact) mass is 358 g/mol. The third-order valence-corrected chi connectivity index (χ3v) is 4.29. The SMILES string of the molecule is Cc1ccc(CN2CCN(C(=O)OC(C)(C)C)CC2)c(-c2ncon2)c1. The van der Waals surface area contributed by atoms with Gasteiger partial charge in [-0.1, -0.05) is 22.9 Å². The van der Waals surface area contributed by atoms with E-state index in [4.69, 9.17) is 9.26 Å². The zero-order valence-electron chi connectivity index (χ0n) is 15.9. The van der Waals surface area contributed by atoms with Crippen molar-refractivity contribution in [1.82, 2.24) is 19.9 Å². The van der Waals surface area contributed by atoms with Gasteiger partial charge in [0.2, 0.25) is 12.2 Å². The number of hydrogen-bond acceptors (Lipinski definition) is 6. The second kappa shape index (κ2) is 7.45. The van der Waals surface area contributed by atoms with Crippen molar-refractivity contribution in [3.8, 4) is 11.4 Å². The third kappa shape index (κ3) is 4.60. The van der Waals surface area contributed by atoms with Crippen LogP contribution in [0.5, 0.6) is 0 Å². The largest absolute Gasteiger partial charge is 0.444 e. The van der Waals surface area contributed by atoms with Crippen LogP contribution in [-0.2, 0) is 11.3 Å². The van der Waals surface area contributed by atoms with Gasteiger partial charge in [-0.15, -0.1) is 0 Å². The molecule has 26 heavy (non-hydrogen) atoms. The highest BCUT2D eigenvalue weighted by atomic mass is 16.6. The molecule has 7 nitrogen and oxygen atoms in total. The smallest absolute Gasteiger partial charge is 0.410 e. The first-order chi connectivity index (χ1) is 12.3. The van der Waals surface area contributed by atoms with E-state index in [9.17, 15) is 4.79 Å². The van der Waals surface area contributed by atoms with Crippen molar-refractivity contribution < 1.29 is 14.1 Å². The Balaban J connectivity index is 1.63. The quantitative estimate of drug-likeness (QED) is 0.840. The first-order valence-electron chi connectivity index (χ1n) is 8.88. The lowest BCUT2D eigenvalue weighted by Gasteiger charge is -2.35. The molecule has 0 bridgehead atoms. The molecule has 0 spiro atoms. The second-order valence-corrected chi connectivity index (χ2v) is 7.66. The van der Waals surface area contributed by atoms with Gasteiger partial charge in [-0.3, -0.25) is 4.90 Å². The number of rotatable bonds is 3. The molecule has 1 aromatic carbocycles. The normalized spacial score (nSPS) is 15.9. The van der Waals surface area contributed by atoms with Crippen molar-refractivity contribution >= 4 is 6.09 Å². The van der Waals surface area contributed by atoms with E-state index in [-0.39, 0.29) is 6.09 Å². The average molecular weight is 358 g/mol. The minimum absolute atomic E-state index is 0.236. The summed E-state index contributed by atoms with van der Waals surface area (Å²) in [5.74, 6) is 0.607. The van der Waals surface area contributed by atoms with E-state index >= 15 is 0 Å². The Morgan fingerprint density at radius 3 is 2.58 bits per heavy atom. The number of ether oxygens (including phenoxy) is 1. The fourth-order valence-electron chi connectivity index (χ4n) is 2.98. The van der Waals surface area contributed by atoms with E-state index in [1.54, 1.807) is 4.90 Å². The number of benzene rings is 1. The molecule has 2 aromatic rings. The lowest BCUT2D eigenvalue weighted by molar-refractivity contribution is 0.0139. The summed E-state index contributed by atoms with van der Waals surface area (Å²) < 4.78 is 10.4. The lowest BCUT2D eigenvalue weighted by Crippen LogP contribution is -2.49. The molecule has 0 unspecified atom stereocenters. The van der Waals surface area contributed by atoms with Gasteiger partial charge in [0.1, 0.15) is 5.60 Å². The summed E-state index contributed by atoms with van der Waals surface area (Å²) in [4.78, 5) is 20.5. The van der Waals surface area contributed by atoms with Gasteiger partial charge in [0.05, 0.1) is 0 Å². The van der Waals surface area contributed by atoms with E-state index < -0.39 is 5.60 Å². The van der Waals surface area contributed by atoms with E-state index in [0.29, 0.717) is 18.9 Å². The summed E-state index contributed by atoms with van der Waals surface area (Å²) in [5, 5.41) is 3.98. The maximum absolute atomic E-state index is 12.2. The molecule has 0 atom stereocenters. The number of hydrogen-bond donors (Lipinski definition) is 0. The molecule has 0 radical (unpaired) electrons. The summed E-state index contributed by atoms with van der Waals surface area (Å²) in [6.45, 7) is 11.4. The Labute approximate surface area is 153 Å². The van der Waals surface area contributed by atoms with Crippen molar-refractivity contribution in [2.24, 2.45) is 0 Å². The van der Waals surface area contributed by atoms with Crippen LogP contribution < -0.4 is 0 Å². The first-order valence-corrected chi connectivity index (χ1v) is 8.88. The summed E-state index contributed by atoms with van der Waals surface area (Å²) in [6, 6.07) is 6.29. The van der Waals surface area contributed by atoms with Crippen LogP contribution in [0.2, 0.25) is 0 Å². The van der Waals surface area contributed by atoms with Crippen LogP contribution in [0.4, 0.5) is 4.79 Å². The molecule has 7 heteroatoms. The van der Waals surface area contributed by atoms with Gasteiger partial charge in [0.15, 0.2) is 0 Å². The molecule has 1 aliphatic heterocycles. The highest BCUT2D eigenvalue weighted by Crippen LogP contribution is 2.24. The summed E-state index contributed by atoms with van der Waals surface area (Å²) >= 11 is 0. The van der Waals surface area contributed by atoms with Crippen molar-refractivity contribution in [3.63, 3.8) is 0 Å². The molecular weight excluding hydrogens is 332 g/mol. The minimum atomic E-state index is -0.463. The number of carbonyl (C=O) groups excluding carboxylic acids is 1. The van der Waals surface area contributed by atoms with E-state index in [1.165, 1.54) is 6.39 Å². The Bertz CT molecular complexity index is 745. The molecule has 140 valence electrons. The Morgan fingerprint density at radius 2 is 1.96 bits per heavy atom. The Hall–Kier alpha value is -2.41. The van der Waals surface area contributed by atoms with Crippen LogP contribution in [-0.4, -0.2) is 57.8 Å². The summed E-state index contributed by atoms with van der Waals surface area (Å²) in [7, 11) is 0. The van der Waals surface area contributed by atoms with Crippen molar-refractivity contribution in [1.29, 1.82) is 0 Å². The van der Waals surface area contributed by atoms with Gasteiger partial charge < -0.3 is 14.2 Å². The molecule has 3 rings (SSSR count). The molecular formula is C19H26N4O3. The molecule has 1 amide bonds. The molecule has 1 saturated heterocycles. The van der Waals surface area contributed by atoms with Crippen LogP contribution in [0.25, 0.3) is 11.4 Å². The van der Waals surface area contributed by atoms with Gasteiger partial charge in [0, 0.05) is 38.3 Å². The molecule has 0 saturated carbocycles. The van der Waals surface area contributed by atoms with Crippen molar-refractivity contribution in [3.05, 3.63) is 35.7 Å². The third-order valence-electron chi connectivity index (χ3n) is 4.29. The topological polar surface area (TPSA) is 71.7 Å². The molecule has 2 heterocycles. The van der Waals surface area contributed by atoms with E-state index in [1.807, 2.05) is 27.7 Å². The van der Waals surface area contributed by atoms with Gasteiger partial charge in [-0.25, -0.2) is 4.79 Å². The number of nitrogens with zero attached hydrogens (tertiary/aromatic N) is 4. The van der Waals surface area contributed by atoms with Gasteiger partial charge >= 0.3 is 6.09 Å². The predicted molar refractivity (Wildman–Crippen MR) is 97.6 cm³/mol. The maximum Gasteiger partial charge on any atom is 0.410 e. The van der Waals surface area contributed by atoms with Crippen molar-refractivity contribution in [2.75, 3.05) is 26.2 Å². The zero-order chi connectivity index (χ0) is 18.7. The molecule has 1 aromatic heterocycles. The molecule has 0 aliphatic carbocycles. The number of carbonyl (C=O) groups is 1. The zero-order valence-corrected chi connectivity index (χ0v) is 15.9. The number of piperazine rings is 1. The van der Waals surface area contributed by atoms with Crippen LogP contribution in [0.15, 0.2) is 29.1 Å². The van der Waals surface area contributed by atoms with Gasteiger partial charge in [0.25, 0.3) is 0 Å². The summed E-state index contributed by atoms with van der Waals surface area (Å²) in [6.07, 6.45) is 1.11. The summed E-state index contributed by atoms with van der Waals surface area (Å²) in [5.41, 5.74) is 2.84. The molecule has 1 fully saturated rings. The molecule has 1 aliphatic rings. The fourth-order valence-corrected chi connectivity index (χ4v) is 2.98. The van der Waals surface area contributed by atoms with Crippen LogP contribution in [0.3, 0.4) is 0 Å². The number of aromatic nitrogens is 2. The van der Waals surface area contributed by atoms with Crippen LogP contribution in [0.1, 0.15) is 31.9 Å². The lowest BCUT2D eigenvalue weighted by atomic mass is 10.0. The average Bonchev–Trinajstić information content (AvgIpc) is 3.10. The van der Waals surface area contributed by atoms with Crippen molar-refractivity contribution in [2.45, 2.75) is 39.8 Å². The Kier molecular flexibility index (Phi) is 5.27. The van der Waals surface area contributed by atoms with Crippen LogP contribution >= 0.6 is 0 Å². The minimum Gasteiger partial charge on any atom is -0.444 e. The standard InChI is InChI=1S/C19H26N4O3/c1-14-5-6-15(16(11-14)17-20-13-25-21-17)12-22-7-9-23(10-8-22)18(24)26-19(2,3)4/h5-6,11,13H,7-10,12H2,1-4H3. The number of aryl methyl sites for hydroxylation is 1. The molecule has 0 N–H and O–H groups in total. The van der Waals surface area contributed by atoms with Crippen LogP contribution in [0, 0.1) is 6.92 Å². The fraction of sp³-hybridized carbons (Fsp3) is 0.526. The van der Waals surface area contributed by atoms with E-state index in [2.05, 4.69) is 33.2 Å². The van der Waals surface area contributed by atoms with E-state index in [0.717, 1.165) is 36.3 Å². The Morgan fingerprint density at radius 1 is 1.23 bits per heavy atom. The van der Waals surface area contributed by atoms with Gasteiger partial charge in [-0.2, -0.15) is 4.98 Å². The second-order valence-electron chi connectivity index (χ2n) is 7.66. The highest BCUT2D eigenvalue weighted by molar-refractivity contribution is 5.68.